The van der Waals surface area contributed by atoms with E-state index in [0.717, 1.165) is 23.4 Å². The van der Waals surface area contributed by atoms with Crippen molar-refractivity contribution in [2.75, 3.05) is 19.0 Å². The van der Waals surface area contributed by atoms with Gasteiger partial charge in [-0.15, -0.1) is 0 Å². The van der Waals surface area contributed by atoms with Crippen molar-refractivity contribution in [3.63, 3.8) is 0 Å². The van der Waals surface area contributed by atoms with Crippen LogP contribution in [0.3, 0.4) is 0 Å². The Morgan fingerprint density at radius 3 is 1.70 bits per heavy atom. The third-order valence-electron chi connectivity index (χ3n) is 3.14. The molecule has 0 saturated heterocycles. The van der Waals surface area contributed by atoms with Crippen molar-refractivity contribution in [2.24, 2.45) is 0 Å². The van der Waals surface area contributed by atoms with Gasteiger partial charge in [0.15, 0.2) is 0 Å². The molecule has 0 aliphatic rings. The lowest BCUT2D eigenvalue weighted by molar-refractivity contribution is -0.0885. The molecule has 0 aliphatic carbocycles. The Balaban J connectivity index is 2.14. The first-order valence-electron chi connectivity index (χ1n) is 6.78. The van der Waals surface area contributed by atoms with Gasteiger partial charge < -0.3 is 4.90 Å². The standard InChI is InChI=1S/C18H14F3NO/c1-22(2)16-11-7-14(8-12-16)4-3-13-5-9-15(10-6-13)17(23)18(19,20)21/h5-12H,1-2H3. The molecule has 2 aromatic rings. The highest BCUT2D eigenvalue weighted by atomic mass is 19.4. The first kappa shape index (κ1) is 16.6. The number of carbonyl (C=O) groups is 1. The number of hydrogen-bond donors (Lipinski definition) is 0. The second kappa shape index (κ2) is 6.57. The van der Waals surface area contributed by atoms with Crippen molar-refractivity contribution in [2.45, 2.75) is 6.18 Å². The average molecular weight is 317 g/mol. The molecule has 118 valence electrons. The molecule has 0 amide bonds. The fraction of sp³-hybridized carbons (Fsp3) is 0.167. The summed E-state index contributed by atoms with van der Waals surface area (Å²) in [6, 6.07) is 12.7. The van der Waals surface area contributed by atoms with E-state index in [9.17, 15) is 18.0 Å². The number of carbonyl (C=O) groups excluding carboxylic acids is 1. The molecule has 2 rings (SSSR count). The number of rotatable bonds is 2. The molecule has 0 aromatic heterocycles. The summed E-state index contributed by atoms with van der Waals surface area (Å²) < 4.78 is 36.9. The van der Waals surface area contributed by atoms with Crippen LogP contribution in [0, 0.1) is 11.8 Å². The van der Waals surface area contributed by atoms with Crippen LogP contribution in [0.5, 0.6) is 0 Å². The number of halogens is 3. The smallest absolute Gasteiger partial charge is 0.378 e. The number of nitrogens with zero attached hydrogens (tertiary/aromatic N) is 1. The Labute approximate surface area is 132 Å². The molecular formula is C18H14F3NO. The predicted octanol–water partition coefficient (Wildman–Crippen LogP) is 3.90. The SMILES string of the molecule is CN(C)c1ccc(C#Cc2ccc(C(=O)C(F)(F)F)cc2)cc1. The summed E-state index contributed by atoms with van der Waals surface area (Å²) in [5, 5.41) is 0. The highest BCUT2D eigenvalue weighted by Gasteiger charge is 2.39. The molecule has 0 atom stereocenters. The second-order valence-electron chi connectivity index (χ2n) is 5.10. The van der Waals surface area contributed by atoms with Gasteiger partial charge in [0, 0.05) is 36.5 Å². The monoisotopic (exact) mass is 317 g/mol. The van der Waals surface area contributed by atoms with Gasteiger partial charge in [-0.2, -0.15) is 13.2 Å². The molecule has 0 radical (unpaired) electrons. The summed E-state index contributed by atoms with van der Waals surface area (Å²) >= 11 is 0. The zero-order valence-electron chi connectivity index (χ0n) is 12.6. The van der Waals surface area contributed by atoms with Crippen LogP contribution in [-0.2, 0) is 0 Å². The molecule has 2 aromatic carbocycles. The van der Waals surface area contributed by atoms with Crippen LogP contribution in [0.4, 0.5) is 18.9 Å². The van der Waals surface area contributed by atoms with Gasteiger partial charge in [-0.3, -0.25) is 4.79 Å². The Morgan fingerprint density at radius 1 is 0.870 bits per heavy atom. The molecular weight excluding hydrogens is 303 g/mol. The second-order valence-corrected chi connectivity index (χ2v) is 5.10. The van der Waals surface area contributed by atoms with Crippen LogP contribution in [-0.4, -0.2) is 26.1 Å². The molecule has 0 N–H and O–H groups in total. The first-order chi connectivity index (χ1) is 10.8. The Kier molecular flexibility index (Phi) is 4.75. The van der Waals surface area contributed by atoms with Crippen molar-refractivity contribution in [1.82, 2.24) is 0 Å². The van der Waals surface area contributed by atoms with Crippen LogP contribution >= 0.6 is 0 Å². The lowest BCUT2D eigenvalue weighted by Gasteiger charge is -2.11. The summed E-state index contributed by atoms with van der Waals surface area (Å²) in [4.78, 5) is 13.0. The average Bonchev–Trinajstić information content (AvgIpc) is 2.52. The van der Waals surface area contributed by atoms with E-state index >= 15 is 0 Å². The zero-order valence-corrected chi connectivity index (χ0v) is 12.6. The van der Waals surface area contributed by atoms with Crippen LogP contribution in [0.2, 0.25) is 0 Å². The van der Waals surface area contributed by atoms with E-state index in [0.29, 0.717) is 5.56 Å². The van der Waals surface area contributed by atoms with Crippen LogP contribution in [0.1, 0.15) is 21.5 Å². The number of ketones is 1. The minimum Gasteiger partial charge on any atom is -0.378 e. The number of benzene rings is 2. The van der Waals surface area contributed by atoms with Crippen molar-refractivity contribution >= 4 is 11.5 Å². The third-order valence-corrected chi connectivity index (χ3v) is 3.14. The lowest BCUT2D eigenvalue weighted by Crippen LogP contribution is -2.22. The summed E-state index contributed by atoms with van der Waals surface area (Å²) in [6.07, 6.45) is -4.86. The zero-order chi connectivity index (χ0) is 17.0. The van der Waals surface area contributed by atoms with E-state index in [2.05, 4.69) is 11.8 Å². The summed E-state index contributed by atoms with van der Waals surface area (Å²) in [5.74, 6) is 3.94. The Bertz CT molecular complexity index is 748. The van der Waals surface area contributed by atoms with Crippen LogP contribution in [0.25, 0.3) is 0 Å². The molecule has 0 spiro atoms. The third kappa shape index (κ3) is 4.36. The molecule has 0 saturated carbocycles. The maximum Gasteiger partial charge on any atom is 0.454 e. The molecule has 0 fully saturated rings. The Hall–Kier alpha value is -2.74. The maximum absolute atomic E-state index is 12.3. The predicted molar refractivity (Wildman–Crippen MR) is 83.6 cm³/mol. The van der Waals surface area contributed by atoms with Crippen molar-refractivity contribution in [3.8, 4) is 11.8 Å². The molecule has 0 unspecified atom stereocenters. The normalized spacial score (nSPS) is 10.7. The summed E-state index contributed by atoms with van der Waals surface area (Å²) in [5.41, 5.74) is 2.00. The summed E-state index contributed by atoms with van der Waals surface area (Å²) in [7, 11) is 3.87. The Morgan fingerprint density at radius 2 is 1.30 bits per heavy atom. The highest BCUT2D eigenvalue weighted by Crippen LogP contribution is 2.21. The van der Waals surface area contributed by atoms with Crippen molar-refractivity contribution < 1.29 is 18.0 Å². The lowest BCUT2D eigenvalue weighted by atomic mass is 10.1. The molecule has 5 heteroatoms. The van der Waals surface area contributed by atoms with Gasteiger partial charge in [-0.05, 0) is 48.5 Å². The van der Waals surface area contributed by atoms with E-state index in [1.165, 1.54) is 12.1 Å². The molecule has 2 nitrogen and oxygen atoms in total. The van der Waals surface area contributed by atoms with E-state index in [4.69, 9.17) is 0 Å². The van der Waals surface area contributed by atoms with Gasteiger partial charge in [0.25, 0.3) is 5.78 Å². The molecule has 23 heavy (non-hydrogen) atoms. The van der Waals surface area contributed by atoms with Crippen LogP contribution < -0.4 is 4.90 Å². The summed E-state index contributed by atoms with van der Waals surface area (Å²) in [6.45, 7) is 0. The maximum atomic E-state index is 12.3. The van der Waals surface area contributed by atoms with Gasteiger partial charge in [0.2, 0.25) is 0 Å². The largest absolute Gasteiger partial charge is 0.454 e. The fourth-order valence-corrected chi connectivity index (χ4v) is 1.86. The van der Waals surface area contributed by atoms with Gasteiger partial charge in [0.1, 0.15) is 0 Å². The first-order valence-corrected chi connectivity index (χ1v) is 6.78. The van der Waals surface area contributed by atoms with Gasteiger partial charge >= 0.3 is 6.18 Å². The van der Waals surface area contributed by atoms with Gasteiger partial charge in [-0.1, -0.05) is 11.8 Å². The number of alkyl halides is 3. The minimum absolute atomic E-state index is 0.390. The quantitative estimate of drug-likeness (QED) is 0.618. The van der Waals surface area contributed by atoms with Crippen molar-refractivity contribution in [1.29, 1.82) is 0 Å². The number of hydrogen-bond acceptors (Lipinski definition) is 2. The fourth-order valence-electron chi connectivity index (χ4n) is 1.86. The van der Waals surface area contributed by atoms with Gasteiger partial charge in [-0.25, -0.2) is 0 Å². The van der Waals surface area contributed by atoms with E-state index in [1.54, 1.807) is 0 Å². The van der Waals surface area contributed by atoms with E-state index in [1.807, 2.05) is 43.3 Å². The van der Waals surface area contributed by atoms with Crippen LogP contribution in [0.15, 0.2) is 48.5 Å². The van der Waals surface area contributed by atoms with Crippen molar-refractivity contribution in [3.05, 3.63) is 65.2 Å². The molecule has 0 bridgehead atoms. The van der Waals surface area contributed by atoms with E-state index in [-0.39, 0.29) is 0 Å². The number of anilines is 1. The highest BCUT2D eigenvalue weighted by molar-refractivity contribution is 6.00. The molecule has 0 aliphatic heterocycles. The van der Waals surface area contributed by atoms with Gasteiger partial charge in [0.05, 0.1) is 0 Å². The van der Waals surface area contributed by atoms with E-state index < -0.39 is 17.5 Å². The molecule has 0 heterocycles. The number of Topliss-reactive ketones (excluding diaryl/α,β-unsaturated/α-hetero) is 1. The topological polar surface area (TPSA) is 20.3 Å². The minimum atomic E-state index is -4.86.